The monoisotopic (exact) mass is 598 g/mol. The largest absolute Gasteiger partial charge is 0.473 e. The molecule has 0 unspecified atom stereocenters. The van der Waals surface area contributed by atoms with E-state index in [4.69, 9.17) is 9.47 Å². The summed E-state index contributed by atoms with van der Waals surface area (Å²) in [5, 5.41) is 13.0. The van der Waals surface area contributed by atoms with Crippen LogP contribution in [0.15, 0.2) is 91.0 Å². The second-order valence-electron chi connectivity index (χ2n) is 11.9. The van der Waals surface area contributed by atoms with Gasteiger partial charge in [-0.05, 0) is 69.0 Å². The molecule has 0 radical (unpaired) electrons. The van der Waals surface area contributed by atoms with E-state index in [1.807, 2.05) is 98.5 Å². The Morgan fingerprint density at radius 1 is 0.932 bits per heavy atom. The molecule has 1 aliphatic heterocycles. The van der Waals surface area contributed by atoms with Crippen LogP contribution >= 0.6 is 0 Å². The van der Waals surface area contributed by atoms with Crippen molar-refractivity contribution < 1.29 is 23.8 Å². The molecule has 1 aromatic heterocycles. The van der Waals surface area contributed by atoms with E-state index >= 15 is 4.39 Å². The fourth-order valence-electron chi connectivity index (χ4n) is 5.52. The number of nitrogens with zero attached hydrogens (tertiary/aromatic N) is 3. The highest BCUT2D eigenvalue weighted by atomic mass is 19.1. The van der Waals surface area contributed by atoms with E-state index in [0.717, 1.165) is 11.1 Å². The van der Waals surface area contributed by atoms with Gasteiger partial charge in [0.05, 0.1) is 5.69 Å². The number of ether oxygens (including phenoxy) is 2. The maximum atomic E-state index is 15.5. The SMILES string of the molecule is CC(C)(C)N(C(=O)O)C1CCN(c2ccc(Nc3ccc(OCc4ccccc4)nc3OCc3ccccc3)cc2F)CC1. The maximum Gasteiger partial charge on any atom is 0.407 e. The van der Waals surface area contributed by atoms with Gasteiger partial charge in [-0.15, -0.1) is 0 Å². The first-order chi connectivity index (χ1) is 21.2. The molecular weight excluding hydrogens is 559 g/mol. The molecule has 1 saturated heterocycles. The molecule has 9 heteroatoms. The first kappa shape index (κ1) is 30.7. The molecular formula is C35H39FN4O4. The van der Waals surface area contributed by atoms with E-state index in [9.17, 15) is 9.90 Å². The molecule has 5 rings (SSSR count). The summed E-state index contributed by atoms with van der Waals surface area (Å²) in [6, 6.07) is 28.1. The average molecular weight is 599 g/mol. The van der Waals surface area contributed by atoms with Crippen molar-refractivity contribution in [3.63, 3.8) is 0 Å². The quantitative estimate of drug-likeness (QED) is 0.192. The number of amides is 1. The molecule has 1 aliphatic rings. The topological polar surface area (TPSA) is 87.2 Å². The Morgan fingerprint density at radius 2 is 1.55 bits per heavy atom. The first-order valence-electron chi connectivity index (χ1n) is 14.9. The summed E-state index contributed by atoms with van der Waals surface area (Å²) >= 11 is 0. The molecule has 0 aliphatic carbocycles. The summed E-state index contributed by atoms with van der Waals surface area (Å²) in [6.45, 7) is 7.52. The number of pyridine rings is 1. The number of carboxylic acid groups (broad SMARTS) is 1. The first-order valence-corrected chi connectivity index (χ1v) is 14.9. The van der Waals surface area contributed by atoms with Crippen molar-refractivity contribution >= 4 is 23.2 Å². The number of hydrogen-bond acceptors (Lipinski definition) is 6. The molecule has 4 aromatic rings. The molecule has 0 atom stereocenters. The lowest BCUT2D eigenvalue weighted by Gasteiger charge is -2.44. The number of hydrogen-bond donors (Lipinski definition) is 2. The molecule has 0 saturated carbocycles. The highest BCUT2D eigenvalue weighted by Crippen LogP contribution is 2.33. The van der Waals surface area contributed by atoms with E-state index in [1.165, 1.54) is 11.0 Å². The zero-order valence-corrected chi connectivity index (χ0v) is 25.4. The van der Waals surface area contributed by atoms with Crippen LogP contribution in [0, 0.1) is 5.82 Å². The third-order valence-corrected chi connectivity index (χ3v) is 7.61. The predicted molar refractivity (Wildman–Crippen MR) is 170 cm³/mol. The Balaban J connectivity index is 1.28. The van der Waals surface area contributed by atoms with Crippen LogP contribution in [-0.4, -0.2) is 45.8 Å². The van der Waals surface area contributed by atoms with Gasteiger partial charge in [-0.1, -0.05) is 60.7 Å². The number of benzene rings is 3. The Hall–Kier alpha value is -4.79. The van der Waals surface area contributed by atoms with Gasteiger partial charge in [0, 0.05) is 36.4 Å². The zero-order chi connectivity index (χ0) is 31.1. The van der Waals surface area contributed by atoms with Gasteiger partial charge >= 0.3 is 6.09 Å². The predicted octanol–water partition coefficient (Wildman–Crippen LogP) is 7.87. The number of aromatic nitrogens is 1. The summed E-state index contributed by atoms with van der Waals surface area (Å²) in [4.78, 5) is 20.0. The van der Waals surface area contributed by atoms with Gasteiger partial charge in [-0.25, -0.2) is 9.18 Å². The third-order valence-electron chi connectivity index (χ3n) is 7.61. The van der Waals surface area contributed by atoms with Crippen molar-refractivity contribution in [1.82, 2.24) is 9.88 Å². The van der Waals surface area contributed by atoms with Crippen LogP contribution in [0.3, 0.4) is 0 Å². The minimum absolute atomic E-state index is 0.103. The van der Waals surface area contributed by atoms with Crippen LogP contribution in [0.5, 0.6) is 11.8 Å². The molecule has 2 heterocycles. The van der Waals surface area contributed by atoms with Gasteiger partial charge in [0.2, 0.25) is 11.8 Å². The van der Waals surface area contributed by atoms with Crippen LogP contribution in [-0.2, 0) is 13.2 Å². The molecule has 2 N–H and O–H groups in total. The minimum Gasteiger partial charge on any atom is -0.473 e. The Labute approximate surface area is 258 Å². The van der Waals surface area contributed by atoms with Crippen molar-refractivity contribution in [3.05, 3.63) is 108 Å². The van der Waals surface area contributed by atoms with E-state index in [0.29, 0.717) is 68.0 Å². The van der Waals surface area contributed by atoms with Crippen LogP contribution in [0.25, 0.3) is 0 Å². The van der Waals surface area contributed by atoms with Gasteiger partial charge in [-0.2, -0.15) is 4.98 Å². The Kier molecular flexibility index (Phi) is 9.53. The highest BCUT2D eigenvalue weighted by Gasteiger charge is 2.35. The molecule has 8 nitrogen and oxygen atoms in total. The van der Waals surface area contributed by atoms with E-state index in [2.05, 4.69) is 10.3 Å². The van der Waals surface area contributed by atoms with Gasteiger partial charge < -0.3 is 29.7 Å². The standard InChI is InChI=1S/C35H39FN4O4/c1-35(2,3)40(34(41)42)28-18-20-39(21-19-28)31-16-14-27(22-29(31)36)37-30-15-17-32(43-23-25-10-6-4-7-11-25)38-33(30)44-24-26-12-8-5-9-13-26/h4-17,22,28,37H,18-21,23-24H2,1-3H3,(H,41,42). The van der Waals surface area contributed by atoms with Gasteiger partial charge in [0.15, 0.2) is 0 Å². The van der Waals surface area contributed by atoms with E-state index < -0.39 is 11.6 Å². The van der Waals surface area contributed by atoms with E-state index in [1.54, 1.807) is 12.1 Å². The molecule has 3 aromatic carbocycles. The summed E-state index contributed by atoms with van der Waals surface area (Å²) in [5.74, 6) is 0.398. The van der Waals surface area contributed by atoms with E-state index in [-0.39, 0.29) is 11.9 Å². The smallest absolute Gasteiger partial charge is 0.407 e. The second-order valence-corrected chi connectivity index (χ2v) is 11.9. The number of nitrogens with one attached hydrogen (secondary N) is 1. The maximum absolute atomic E-state index is 15.5. The van der Waals surface area contributed by atoms with Crippen molar-refractivity contribution in [2.45, 2.75) is 58.4 Å². The number of piperidine rings is 1. The lowest BCUT2D eigenvalue weighted by molar-refractivity contribution is 0.0616. The lowest BCUT2D eigenvalue weighted by atomic mass is 9.96. The second kappa shape index (κ2) is 13.7. The third kappa shape index (κ3) is 7.78. The molecule has 230 valence electrons. The van der Waals surface area contributed by atoms with Crippen LogP contribution in [0.4, 0.5) is 26.2 Å². The van der Waals surface area contributed by atoms with Crippen LogP contribution in [0.1, 0.15) is 44.7 Å². The molecule has 1 fully saturated rings. The van der Waals surface area contributed by atoms with Gasteiger partial charge in [0.1, 0.15) is 24.7 Å². The summed E-state index contributed by atoms with van der Waals surface area (Å²) in [7, 11) is 0. The van der Waals surface area contributed by atoms with Crippen molar-refractivity contribution in [3.8, 4) is 11.8 Å². The Morgan fingerprint density at radius 3 is 2.11 bits per heavy atom. The molecule has 44 heavy (non-hydrogen) atoms. The summed E-state index contributed by atoms with van der Waals surface area (Å²) in [6.07, 6.45) is 0.347. The lowest BCUT2D eigenvalue weighted by Crippen LogP contribution is -2.54. The van der Waals surface area contributed by atoms with Crippen LogP contribution < -0.4 is 19.7 Å². The highest BCUT2D eigenvalue weighted by molar-refractivity contribution is 5.68. The number of rotatable bonds is 10. The molecule has 0 spiro atoms. The normalized spacial score (nSPS) is 13.8. The number of carbonyl (C=O) groups is 1. The fraction of sp³-hybridized carbons (Fsp3) is 0.314. The minimum atomic E-state index is -0.921. The molecule has 1 amide bonds. The van der Waals surface area contributed by atoms with Crippen LogP contribution in [0.2, 0.25) is 0 Å². The molecule has 0 bridgehead atoms. The zero-order valence-electron chi connectivity index (χ0n) is 25.4. The summed E-state index contributed by atoms with van der Waals surface area (Å²) < 4.78 is 27.5. The van der Waals surface area contributed by atoms with Crippen molar-refractivity contribution in [2.24, 2.45) is 0 Å². The number of anilines is 3. The van der Waals surface area contributed by atoms with Crippen molar-refractivity contribution in [2.75, 3.05) is 23.3 Å². The average Bonchev–Trinajstić information content (AvgIpc) is 3.00. The Bertz CT molecular complexity index is 1540. The fourth-order valence-corrected chi connectivity index (χ4v) is 5.52. The van der Waals surface area contributed by atoms with Crippen molar-refractivity contribution in [1.29, 1.82) is 0 Å². The summed E-state index contributed by atoms with van der Waals surface area (Å²) in [5.41, 5.74) is 3.14. The number of halogens is 1. The van der Waals surface area contributed by atoms with Gasteiger partial charge in [0.25, 0.3) is 0 Å². The van der Waals surface area contributed by atoms with Gasteiger partial charge in [-0.3, -0.25) is 0 Å².